The third kappa shape index (κ3) is 7.11. The van der Waals surface area contributed by atoms with E-state index in [2.05, 4.69) is 214 Å². The monoisotopic (exact) mass is 832 g/mol. The van der Waals surface area contributed by atoms with E-state index >= 15 is 0 Å². The summed E-state index contributed by atoms with van der Waals surface area (Å²) < 4.78 is 8.45. The van der Waals surface area contributed by atoms with Gasteiger partial charge in [0.25, 0.3) is 0 Å². The fourth-order valence-electron chi connectivity index (χ4n) is 9.08. The molecular formula is C60H40N4O. The molecule has 2 heterocycles. The summed E-state index contributed by atoms with van der Waals surface area (Å²) in [5.74, 6) is 0.984. The van der Waals surface area contributed by atoms with Gasteiger partial charge >= 0.3 is 0 Å². The van der Waals surface area contributed by atoms with Crippen LogP contribution in [0.2, 0.25) is 0 Å². The van der Waals surface area contributed by atoms with Crippen molar-refractivity contribution in [1.82, 2.24) is 14.8 Å². The Kier molecular flexibility index (Phi) is 9.42. The third-order valence-corrected chi connectivity index (χ3v) is 12.4. The Morgan fingerprint density at radius 3 is 1.28 bits per heavy atom. The second kappa shape index (κ2) is 16.2. The Hall–Kier alpha value is -8.80. The Labute approximate surface area is 376 Å². The van der Waals surface area contributed by atoms with Crippen molar-refractivity contribution in [1.29, 1.82) is 0 Å². The standard InChI is InChI=1S/C60H40N4O/c1-4-13-45(14-5-1)59-61-62-60(65-59)46-28-34-54(35-29-46)63(51-16-6-2-7-17-51)53-32-26-44(27-33-53)50-31-37-58-56(40-50)55-39-49(30-36-57(55)64(58)52-18-8-3-9-19-52)43-22-20-42(21-23-43)48-25-24-41-12-10-11-15-47(41)38-48/h1-40H. The molecule has 0 aliphatic heterocycles. The van der Waals surface area contributed by atoms with Crippen LogP contribution >= 0.6 is 0 Å². The van der Waals surface area contributed by atoms with Crippen LogP contribution in [0.25, 0.3) is 94.6 Å². The summed E-state index contributed by atoms with van der Waals surface area (Å²) in [7, 11) is 0. The summed E-state index contributed by atoms with van der Waals surface area (Å²) in [5.41, 5.74) is 15.5. The van der Waals surface area contributed by atoms with Crippen molar-refractivity contribution in [2.75, 3.05) is 4.90 Å². The molecule has 65 heavy (non-hydrogen) atoms. The van der Waals surface area contributed by atoms with Crippen LogP contribution in [0.15, 0.2) is 247 Å². The SMILES string of the molecule is c1ccc(-c2nnc(-c3ccc(N(c4ccccc4)c4ccc(-c5ccc6c(c5)c5cc(-c7ccc(-c8ccc9ccccc9c8)cc7)ccc5n6-c5ccccc5)cc4)cc3)o2)cc1. The first-order valence-corrected chi connectivity index (χ1v) is 21.9. The van der Waals surface area contributed by atoms with Crippen molar-refractivity contribution in [3.8, 4) is 62.0 Å². The number of benzene rings is 10. The average Bonchev–Trinajstić information content (AvgIpc) is 4.01. The van der Waals surface area contributed by atoms with E-state index in [0.29, 0.717) is 11.8 Å². The summed E-state index contributed by atoms with van der Waals surface area (Å²) in [4.78, 5) is 2.27. The van der Waals surface area contributed by atoms with Crippen LogP contribution < -0.4 is 4.90 Å². The molecule has 0 saturated carbocycles. The van der Waals surface area contributed by atoms with E-state index in [1.165, 1.54) is 54.8 Å². The number of fused-ring (bicyclic) bond motifs is 4. The smallest absolute Gasteiger partial charge is 0.248 e. The molecule has 0 amide bonds. The molecule has 0 N–H and O–H groups in total. The summed E-state index contributed by atoms with van der Waals surface area (Å²) >= 11 is 0. The molecule has 0 fully saturated rings. The molecule has 5 nitrogen and oxygen atoms in total. The lowest BCUT2D eigenvalue weighted by Gasteiger charge is -2.25. The Morgan fingerprint density at radius 1 is 0.308 bits per heavy atom. The molecule has 0 radical (unpaired) electrons. The molecule has 0 atom stereocenters. The van der Waals surface area contributed by atoms with E-state index in [9.17, 15) is 0 Å². The molecule has 306 valence electrons. The van der Waals surface area contributed by atoms with E-state index in [0.717, 1.165) is 45.0 Å². The first-order valence-electron chi connectivity index (χ1n) is 21.9. The van der Waals surface area contributed by atoms with Crippen molar-refractivity contribution in [3.05, 3.63) is 243 Å². The predicted molar refractivity (Wildman–Crippen MR) is 268 cm³/mol. The molecule has 0 bridgehead atoms. The zero-order chi connectivity index (χ0) is 43.1. The van der Waals surface area contributed by atoms with Gasteiger partial charge < -0.3 is 13.9 Å². The van der Waals surface area contributed by atoms with Crippen molar-refractivity contribution < 1.29 is 4.42 Å². The van der Waals surface area contributed by atoms with Gasteiger partial charge in [-0.3, -0.25) is 0 Å². The fourth-order valence-corrected chi connectivity index (χ4v) is 9.08. The van der Waals surface area contributed by atoms with Crippen LogP contribution in [0.1, 0.15) is 0 Å². The molecule has 2 aromatic heterocycles. The second-order valence-electron chi connectivity index (χ2n) is 16.3. The largest absolute Gasteiger partial charge is 0.416 e. The van der Waals surface area contributed by atoms with Gasteiger partial charge in [-0.1, -0.05) is 140 Å². The van der Waals surface area contributed by atoms with Gasteiger partial charge in [0, 0.05) is 44.6 Å². The number of nitrogens with zero attached hydrogens (tertiary/aromatic N) is 4. The summed E-state index contributed by atoms with van der Waals surface area (Å²) in [6.45, 7) is 0. The lowest BCUT2D eigenvalue weighted by molar-refractivity contribution is 0.584. The highest BCUT2D eigenvalue weighted by molar-refractivity contribution is 6.11. The van der Waals surface area contributed by atoms with E-state index in [4.69, 9.17) is 4.42 Å². The van der Waals surface area contributed by atoms with Gasteiger partial charge in [-0.2, -0.15) is 0 Å². The fraction of sp³-hybridized carbons (Fsp3) is 0. The maximum Gasteiger partial charge on any atom is 0.248 e. The summed E-state index contributed by atoms with van der Waals surface area (Å²) in [5, 5.41) is 13.6. The number of aromatic nitrogens is 3. The third-order valence-electron chi connectivity index (χ3n) is 12.4. The van der Waals surface area contributed by atoms with Gasteiger partial charge in [-0.25, -0.2) is 0 Å². The molecular weight excluding hydrogens is 793 g/mol. The number of anilines is 3. The van der Waals surface area contributed by atoms with Crippen LogP contribution in [-0.4, -0.2) is 14.8 Å². The van der Waals surface area contributed by atoms with Gasteiger partial charge in [-0.15, -0.1) is 10.2 Å². The van der Waals surface area contributed by atoms with Gasteiger partial charge in [0.15, 0.2) is 0 Å². The van der Waals surface area contributed by atoms with Gasteiger partial charge in [0.05, 0.1) is 11.0 Å². The second-order valence-corrected chi connectivity index (χ2v) is 16.3. The Balaban J connectivity index is 0.886. The summed E-state index contributed by atoms with van der Waals surface area (Å²) in [6, 6.07) is 86.1. The highest BCUT2D eigenvalue weighted by Crippen LogP contribution is 2.40. The minimum absolute atomic E-state index is 0.484. The molecule has 0 aliphatic carbocycles. The number of rotatable bonds is 9. The molecule has 0 spiro atoms. The van der Waals surface area contributed by atoms with Gasteiger partial charge in [-0.05, 0) is 147 Å². The normalized spacial score (nSPS) is 11.4. The molecule has 12 aromatic rings. The van der Waals surface area contributed by atoms with Crippen molar-refractivity contribution in [2.45, 2.75) is 0 Å². The van der Waals surface area contributed by atoms with Crippen LogP contribution in [0.5, 0.6) is 0 Å². The highest BCUT2D eigenvalue weighted by Gasteiger charge is 2.18. The van der Waals surface area contributed by atoms with Crippen LogP contribution in [0, 0.1) is 0 Å². The van der Waals surface area contributed by atoms with Crippen LogP contribution in [-0.2, 0) is 0 Å². The molecule has 0 unspecified atom stereocenters. The van der Waals surface area contributed by atoms with Crippen LogP contribution in [0.3, 0.4) is 0 Å². The van der Waals surface area contributed by atoms with Gasteiger partial charge in [0.2, 0.25) is 11.8 Å². The summed E-state index contributed by atoms with van der Waals surface area (Å²) in [6.07, 6.45) is 0. The average molecular weight is 833 g/mol. The Bertz CT molecular complexity index is 3620. The number of hydrogen-bond acceptors (Lipinski definition) is 4. The highest BCUT2D eigenvalue weighted by atomic mass is 16.4. The van der Waals surface area contributed by atoms with Crippen molar-refractivity contribution in [3.63, 3.8) is 0 Å². The van der Waals surface area contributed by atoms with Crippen molar-refractivity contribution in [2.24, 2.45) is 0 Å². The zero-order valence-electron chi connectivity index (χ0n) is 35.3. The number of hydrogen-bond donors (Lipinski definition) is 0. The van der Waals surface area contributed by atoms with E-state index in [-0.39, 0.29) is 0 Å². The van der Waals surface area contributed by atoms with Crippen LogP contribution in [0.4, 0.5) is 17.1 Å². The number of para-hydroxylation sites is 2. The quantitative estimate of drug-likeness (QED) is 0.145. The lowest BCUT2D eigenvalue weighted by Crippen LogP contribution is -2.09. The van der Waals surface area contributed by atoms with Gasteiger partial charge in [0.1, 0.15) is 0 Å². The van der Waals surface area contributed by atoms with Crippen molar-refractivity contribution >= 4 is 49.6 Å². The molecule has 12 rings (SSSR count). The molecule has 0 aliphatic rings. The molecule has 10 aromatic carbocycles. The lowest BCUT2D eigenvalue weighted by atomic mass is 9.97. The molecule has 5 heteroatoms. The maximum absolute atomic E-state index is 6.07. The van der Waals surface area contributed by atoms with E-state index in [1.807, 2.05) is 48.5 Å². The Morgan fingerprint density at radius 2 is 0.708 bits per heavy atom. The zero-order valence-corrected chi connectivity index (χ0v) is 35.3. The first kappa shape index (κ1) is 37.9. The maximum atomic E-state index is 6.07. The predicted octanol–water partition coefficient (Wildman–Crippen LogP) is 16.1. The topological polar surface area (TPSA) is 47.1 Å². The first-order chi connectivity index (χ1) is 32.2. The minimum Gasteiger partial charge on any atom is -0.416 e. The van der Waals surface area contributed by atoms with E-state index < -0.39 is 0 Å². The minimum atomic E-state index is 0.484. The van der Waals surface area contributed by atoms with E-state index in [1.54, 1.807) is 0 Å². The molecule has 0 saturated heterocycles.